The minimum Gasteiger partial charge on any atom is -0.495 e. The summed E-state index contributed by atoms with van der Waals surface area (Å²) in [6, 6.07) is 11.2. The van der Waals surface area contributed by atoms with Gasteiger partial charge in [0.25, 0.3) is 0 Å². The summed E-state index contributed by atoms with van der Waals surface area (Å²) in [7, 11) is 1.68. The fraction of sp³-hybridized carbons (Fsp3) is 0.368. The van der Waals surface area contributed by atoms with Gasteiger partial charge in [0, 0.05) is 38.6 Å². The number of pyridine rings is 1. The molecule has 0 aliphatic carbocycles. The smallest absolute Gasteiger partial charge is 0.239 e. The van der Waals surface area contributed by atoms with Crippen LogP contribution in [0.25, 0.3) is 0 Å². The molecule has 1 aliphatic heterocycles. The summed E-state index contributed by atoms with van der Waals surface area (Å²) in [5, 5.41) is 0. The van der Waals surface area contributed by atoms with Crippen LogP contribution in [0.4, 0.5) is 5.69 Å². The Morgan fingerprint density at radius 2 is 1.96 bits per heavy atom. The molecule has 1 amide bonds. The molecule has 0 spiro atoms. The van der Waals surface area contributed by atoms with Crippen molar-refractivity contribution >= 4 is 11.6 Å². The first kappa shape index (κ1) is 17.2. The van der Waals surface area contributed by atoms with E-state index in [9.17, 15) is 4.79 Å². The van der Waals surface area contributed by atoms with Gasteiger partial charge in [0.1, 0.15) is 5.75 Å². The molecule has 1 aromatic carbocycles. The standard InChI is InChI=1S/C19H24N4O2/c1-25-18-7-3-2-6-17(18)22-9-11-23(12-10-22)19(24)16(20)13-15-5-4-8-21-14-15/h2-8,14,16H,9-13,20H2,1H3/t16-/m1/s1. The predicted molar refractivity (Wildman–Crippen MR) is 97.7 cm³/mol. The van der Waals surface area contributed by atoms with E-state index in [4.69, 9.17) is 10.5 Å². The van der Waals surface area contributed by atoms with Crippen LogP contribution in [-0.4, -0.2) is 55.1 Å². The summed E-state index contributed by atoms with van der Waals surface area (Å²) in [6.45, 7) is 2.87. The molecule has 0 bridgehead atoms. The van der Waals surface area contributed by atoms with Crippen molar-refractivity contribution in [2.24, 2.45) is 5.73 Å². The Labute approximate surface area is 148 Å². The van der Waals surface area contributed by atoms with Gasteiger partial charge < -0.3 is 20.3 Å². The highest BCUT2D eigenvalue weighted by Gasteiger charge is 2.26. The Balaban J connectivity index is 1.57. The van der Waals surface area contributed by atoms with Gasteiger partial charge in [-0.15, -0.1) is 0 Å². The zero-order valence-electron chi connectivity index (χ0n) is 14.5. The second-order valence-electron chi connectivity index (χ2n) is 6.16. The van der Waals surface area contributed by atoms with Crippen LogP contribution in [0, 0.1) is 0 Å². The number of piperazine rings is 1. The molecule has 2 N–H and O–H groups in total. The number of aromatic nitrogens is 1. The lowest BCUT2D eigenvalue weighted by atomic mass is 10.1. The summed E-state index contributed by atoms with van der Waals surface area (Å²) in [4.78, 5) is 20.8. The normalized spacial score (nSPS) is 15.8. The van der Waals surface area contributed by atoms with E-state index < -0.39 is 6.04 Å². The Bertz CT molecular complexity index is 700. The lowest BCUT2D eigenvalue weighted by Gasteiger charge is -2.37. The number of hydrogen-bond acceptors (Lipinski definition) is 5. The van der Waals surface area contributed by atoms with Crippen LogP contribution >= 0.6 is 0 Å². The number of methoxy groups -OCH3 is 1. The average molecular weight is 340 g/mol. The Morgan fingerprint density at radius 3 is 2.64 bits per heavy atom. The number of para-hydroxylation sites is 2. The van der Waals surface area contributed by atoms with Crippen LogP contribution in [0.15, 0.2) is 48.8 Å². The molecule has 1 fully saturated rings. The van der Waals surface area contributed by atoms with Crippen molar-refractivity contribution in [2.45, 2.75) is 12.5 Å². The molecule has 1 atom stereocenters. The molecule has 1 aromatic heterocycles. The van der Waals surface area contributed by atoms with Crippen LogP contribution in [0.3, 0.4) is 0 Å². The highest BCUT2D eigenvalue weighted by molar-refractivity contribution is 5.82. The van der Waals surface area contributed by atoms with Crippen LogP contribution < -0.4 is 15.4 Å². The number of amides is 1. The molecule has 0 saturated carbocycles. The minimum atomic E-state index is -0.526. The highest BCUT2D eigenvalue weighted by Crippen LogP contribution is 2.28. The molecule has 2 aromatic rings. The highest BCUT2D eigenvalue weighted by atomic mass is 16.5. The summed E-state index contributed by atoms with van der Waals surface area (Å²) < 4.78 is 5.43. The first-order valence-corrected chi connectivity index (χ1v) is 8.50. The number of carbonyl (C=O) groups excluding carboxylic acids is 1. The monoisotopic (exact) mass is 340 g/mol. The van der Waals surface area contributed by atoms with E-state index in [1.54, 1.807) is 19.5 Å². The van der Waals surface area contributed by atoms with E-state index >= 15 is 0 Å². The number of anilines is 1. The second-order valence-corrected chi connectivity index (χ2v) is 6.16. The maximum Gasteiger partial charge on any atom is 0.239 e. The first-order valence-electron chi connectivity index (χ1n) is 8.50. The SMILES string of the molecule is COc1ccccc1N1CCN(C(=O)[C@H](N)Cc2cccnc2)CC1. The molecule has 0 radical (unpaired) electrons. The molecular weight excluding hydrogens is 316 g/mol. The van der Waals surface area contributed by atoms with Crippen LogP contribution in [-0.2, 0) is 11.2 Å². The largest absolute Gasteiger partial charge is 0.495 e. The molecule has 0 unspecified atom stereocenters. The summed E-state index contributed by atoms with van der Waals surface area (Å²) in [5.41, 5.74) is 8.17. The van der Waals surface area contributed by atoms with Crippen molar-refractivity contribution in [2.75, 3.05) is 38.2 Å². The summed E-state index contributed by atoms with van der Waals surface area (Å²) >= 11 is 0. The number of ether oxygens (including phenoxy) is 1. The maximum atomic E-state index is 12.6. The molecule has 1 saturated heterocycles. The molecule has 6 nitrogen and oxygen atoms in total. The summed E-state index contributed by atoms with van der Waals surface area (Å²) in [5.74, 6) is 0.860. The van der Waals surface area contributed by atoms with Crippen LogP contribution in [0.1, 0.15) is 5.56 Å². The lowest BCUT2D eigenvalue weighted by Crippen LogP contribution is -2.53. The van der Waals surface area contributed by atoms with E-state index in [1.165, 1.54) is 0 Å². The molecule has 6 heteroatoms. The first-order chi connectivity index (χ1) is 12.2. The van der Waals surface area contributed by atoms with E-state index in [1.807, 2.05) is 41.3 Å². The third-order valence-corrected chi connectivity index (χ3v) is 4.51. The van der Waals surface area contributed by atoms with Gasteiger partial charge in [0.15, 0.2) is 0 Å². The number of rotatable bonds is 5. The molecule has 3 rings (SSSR count). The zero-order valence-corrected chi connectivity index (χ0v) is 14.5. The maximum absolute atomic E-state index is 12.6. The van der Waals surface area contributed by atoms with Gasteiger partial charge in [0.2, 0.25) is 5.91 Å². The number of nitrogens with zero attached hydrogens (tertiary/aromatic N) is 3. The molecule has 1 aliphatic rings. The van der Waals surface area contributed by atoms with E-state index in [0.29, 0.717) is 19.5 Å². The van der Waals surface area contributed by atoms with E-state index in [2.05, 4.69) is 9.88 Å². The number of carbonyl (C=O) groups is 1. The van der Waals surface area contributed by atoms with Crippen LogP contribution in [0.2, 0.25) is 0 Å². The molecule has 132 valence electrons. The quantitative estimate of drug-likeness (QED) is 0.888. The van der Waals surface area contributed by atoms with Crippen molar-refractivity contribution in [1.29, 1.82) is 0 Å². The van der Waals surface area contributed by atoms with Gasteiger partial charge in [-0.25, -0.2) is 0 Å². The van der Waals surface area contributed by atoms with Gasteiger partial charge in [0.05, 0.1) is 18.8 Å². The Hall–Kier alpha value is -2.60. The Kier molecular flexibility index (Phi) is 5.50. The molecule has 2 heterocycles. The van der Waals surface area contributed by atoms with Gasteiger partial charge >= 0.3 is 0 Å². The topological polar surface area (TPSA) is 71.7 Å². The molecular formula is C19H24N4O2. The van der Waals surface area contributed by atoms with Crippen molar-refractivity contribution in [1.82, 2.24) is 9.88 Å². The second kappa shape index (κ2) is 7.98. The van der Waals surface area contributed by atoms with Crippen molar-refractivity contribution in [3.8, 4) is 5.75 Å². The molecule has 25 heavy (non-hydrogen) atoms. The minimum absolute atomic E-state index is 0.00327. The Morgan fingerprint density at radius 1 is 1.20 bits per heavy atom. The van der Waals surface area contributed by atoms with Gasteiger partial charge in [-0.1, -0.05) is 18.2 Å². The van der Waals surface area contributed by atoms with E-state index in [-0.39, 0.29) is 5.91 Å². The number of benzene rings is 1. The van der Waals surface area contributed by atoms with E-state index in [0.717, 1.165) is 30.1 Å². The predicted octanol–water partition coefficient (Wildman–Crippen LogP) is 1.31. The van der Waals surface area contributed by atoms with Gasteiger partial charge in [-0.2, -0.15) is 0 Å². The van der Waals surface area contributed by atoms with Gasteiger partial charge in [-0.3, -0.25) is 9.78 Å². The fourth-order valence-corrected chi connectivity index (χ4v) is 3.15. The number of hydrogen-bond donors (Lipinski definition) is 1. The van der Waals surface area contributed by atoms with Crippen molar-refractivity contribution in [3.05, 3.63) is 54.4 Å². The fourth-order valence-electron chi connectivity index (χ4n) is 3.15. The third kappa shape index (κ3) is 4.09. The zero-order chi connectivity index (χ0) is 17.6. The van der Waals surface area contributed by atoms with Crippen molar-refractivity contribution in [3.63, 3.8) is 0 Å². The third-order valence-electron chi connectivity index (χ3n) is 4.51. The number of nitrogens with two attached hydrogens (primary N) is 1. The van der Waals surface area contributed by atoms with Gasteiger partial charge in [-0.05, 0) is 30.2 Å². The summed E-state index contributed by atoms with van der Waals surface area (Å²) in [6.07, 6.45) is 3.99. The van der Waals surface area contributed by atoms with Crippen LogP contribution in [0.5, 0.6) is 5.75 Å². The lowest BCUT2D eigenvalue weighted by molar-refractivity contribution is -0.132. The average Bonchev–Trinajstić information content (AvgIpc) is 2.68. The van der Waals surface area contributed by atoms with Crippen molar-refractivity contribution < 1.29 is 9.53 Å².